The molecule has 0 atom stereocenters. The Labute approximate surface area is 151 Å². The number of nitriles is 1. The van der Waals surface area contributed by atoms with Crippen molar-refractivity contribution in [1.29, 1.82) is 5.26 Å². The molecule has 8 nitrogen and oxygen atoms in total. The number of rotatable bonds is 4. The lowest BCUT2D eigenvalue weighted by molar-refractivity contribution is -0.384. The van der Waals surface area contributed by atoms with Gasteiger partial charge in [-0.2, -0.15) is 10.3 Å². The molecule has 1 heterocycles. The van der Waals surface area contributed by atoms with Gasteiger partial charge in [0.1, 0.15) is 23.1 Å². The molecule has 0 aromatic heterocycles. The van der Waals surface area contributed by atoms with Gasteiger partial charge in [-0.25, -0.2) is 0 Å². The number of nitro benzene ring substituents is 1. The fourth-order valence-electron chi connectivity index (χ4n) is 2.18. The summed E-state index contributed by atoms with van der Waals surface area (Å²) >= 11 is 1.08. The molecule has 26 heavy (non-hydrogen) atoms. The monoisotopic (exact) mass is 366 g/mol. The summed E-state index contributed by atoms with van der Waals surface area (Å²) in [6, 6.07) is 12.5. The zero-order valence-electron chi connectivity index (χ0n) is 13.1. The third-order valence-corrected chi connectivity index (χ3v) is 4.13. The first kappa shape index (κ1) is 17.2. The number of carbonyl (C=O) groups is 1. The van der Waals surface area contributed by atoms with Gasteiger partial charge in [-0.15, -0.1) is 0 Å². The van der Waals surface area contributed by atoms with Gasteiger partial charge in [-0.3, -0.25) is 14.9 Å². The molecule has 0 unspecified atom stereocenters. The number of benzene rings is 2. The molecule has 128 valence electrons. The van der Waals surface area contributed by atoms with Crippen LogP contribution in [0, 0.1) is 21.4 Å². The van der Waals surface area contributed by atoms with Crippen LogP contribution in [0.5, 0.6) is 11.5 Å². The van der Waals surface area contributed by atoms with Crippen molar-refractivity contribution in [3.05, 3.63) is 68.6 Å². The summed E-state index contributed by atoms with van der Waals surface area (Å²) in [7, 11) is 0. The third-order valence-electron chi connectivity index (χ3n) is 3.32. The van der Waals surface area contributed by atoms with Crippen molar-refractivity contribution in [2.45, 2.75) is 0 Å². The molecule has 2 aromatic rings. The zero-order chi connectivity index (χ0) is 18.7. The highest BCUT2D eigenvalue weighted by Gasteiger charge is 2.19. The van der Waals surface area contributed by atoms with E-state index in [1.807, 2.05) is 6.07 Å². The molecule has 0 aliphatic carbocycles. The lowest BCUT2D eigenvalue weighted by atomic mass is 10.2. The molecular formula is C17H10N4O4S. The first-order chi connectivity index (χ1) is 12.5. The van der Waals surface area contributed by atoms with E-state index in [1.165, 1.54) is 12.1 Å². The van der Waals surface area contributed by atoms with Crippen LogP contribution in [0.15, 0.2) is 52.4 Å². The number of nitrogens with zero attached hydrogens (tertiary/aromatic N) is 3. The normalized spacial score (nSPS) is 14.8. The highest BCUT2D eigenvalue weighted by atomic mass is 32.2. The zero-order valence-corrected chi connectivity index (χ0v) is 13.9. The van der Waals surface area contributed by atoms with E-state index in [2.05, 4.69) is 4.99 Å². The van der Waals surface area contributed by atoms with Gasteiger partial charge >= 0.3 is 0 Å². The first-order valence-corrected chi connectivity index (χ1v) is 8.02. The lowest BCUT2D eigenvalue weighted by Crippen LogP contribution is -2.01. The van der Waals surface area contributed by atoms with Gasteiger partial charge in [0.15, 0.2) is 5.17 Å². The Morgan fingerprint density at radius 3 is 2.77 bits per heavy atom. The molecule has 0 fully saturated rings. The molecule has 0 saturated carbocycles. The van der Waals surface area contributed by atoms with E-state index in [1.54, 1.807) is 30.3 Å². The number of hydrogen-bond acceptors (Lipinski definition) is 7. The second-order valence-corrected chi connectivity index (χ2v) is 6.15. The fourth-order valence-corrected chi connectivity index (χ4v) is 2.86. The van der Waals surface area contributed by atoms with E-state index < -0.39 is 10.8 Å². The van der Waals surface area contributed by atoms with E-state index in [4.69, 9.17) is 10.5 Å². The quantitative estimate of drug-likeness (QED) is 0.499. The third kappa shape index (κ3) is 3.71. The van der Waals surface area contributed by atoms with Crippen LogP contribution in [0.4, 0.5) is 5.69 Å². The Bertz CT molecular complexity index is 1020. The summed E-state index contributed by atoms with van der Waals surface area (Å²) in [6.45, 7) is 0. The number of aliphatic imine (C=N–C) groups is 1. The van der Waals surface area contributed by atoms with Crippen LogP contribution in [0.2, 0.25) is 0 Å². The van der Waals surface area contributed by atoms with Crippen LogP contribution < -0.4 is 10.5 Å². The SMILES string of the molecule is N#Cc1cc([N+](=O)[O-])ccc1Oc1cccc(/C=C2\SC(N)=NC2=O)c1. The van der Waals surface area contributed by atoms with E-state index in [-0.39, 0.29) is 22.2 Å². The maximum atomic E-state index is 11.7. The van der Waals surface area contributed by atoms with Crippen LogP contribution in [0.1, 0.15) is 11.1 Å². The Morgan fingerprint density at radius 1 is 1.31 bits per heavy atom. The molecule has 0 radical (unpaired) electrons. The number of ether oxygens (including phenoxy) is 1. The van der Waals surface area contributed by atoms with Crippen molar-refractivity contribution in [3.63, 3.8) is 0 Å². The van der Waals surface area contributed by atoms with Gasteiger partial charge in [0.05, 0.1) is 9.83 Å². The second-order valence-electron chi connectivity index (χ2n) is 5.09. The van der Waals surface area contributed by atoms with Gasteiger partial charge < -0.3 is 10.5 Å². The van der Waals surface area contributed by atoms with Gasteiger partial charge in [0.25, 0.3) is 11.6 Å². The largest absolute Gasteiger partial charge is 0.456 e. The standard InChI is InChI=1S/C17H10N4O4S/c18-9-11-8-12(21(23)24)4-5-14(11)25-13-3-1-2-10(6-13)7-15-16(22)20-17(19)26-15/h1-8H,(H2,19,20,22)/b15-7-. The summed E-state index contributed by atoms with van der Waals surface area (Å²) in [4.78, 5) is 25.9. The minimum Gasteiger partial charge on any atom is -0.456 e. The maximum absolute atomic E-state index is 11.7. The predicted molar refractivity (Wildman–Crippen MR) is 96.5 cm³/mol. The molecule has 1 aliphatic heterocycles. The van der Waals surface area contributed by atoms with Crippen LogP contribution in [0.3, 0.4) is 0 Å². The number of amides is 1. The smallest absolute Gasteiger partial charge is 0.286 e. The topological polar surface area (TPSA) is 132 Å². The van der Waals surface area contributed by atoms with Crippen molar-refractivity contribution in [2.24, 2.45) is 10.7 Å². The van der Waals surface area contributed by atoms with Crippen molar-refractivity contribution in [3.8, 4) is 17.6 Å². The van der Waals surface area contributed by atoms with E-state index in [0.29, 0.717) is 16.2 Å². The first-order valence-electron chi connectivity index (χ1n) is 7.21. The fraction of sp³-hybridized carbons (Fsp3) is 0. The molecule has 1 amide bonds. The molecular weight excluding hydrogens is 356 g/mol. The Kier molecular flexibility index (Phi) is 4.68. The number of thioether (sulfide) groups is 1. The van der Waals surface area contributed by atoms with Gasteiger partial charge in [0.2, 0.25) is 0 Å². The molecule has 2 N–H and O–H groups in total. The summed E-state index contributed by atoms with van der Waals surface area (Å²) in [5.41, 5.74) is 6.05. The number of nitrogens with two attached hydrogens (primary N) is 1. The molecule has 2 aromatic carbocycles. The summed E-state index contributed by atoms with van der Waals surface area (Å²) in [6.07, 6.45) is 1.63. The average Bonchev–Trinajstić information content (AvgIpc) is 2.92. The molecule has 0 spiro atoms. The number of amidine groups is 1. The molecule has 9 heteroatoms. The molecule has 3 rings (SSSR count). The lowest BCUT2D eigenvalue weighted by Gasteiger charge is -2.08. The molecule has 0 bridgehead atoms. The highest BCUT2D eigenvalue weighted by Crippen LogP contribution is 2.30. The summed E-state index contributed by atoms with van der Waals surface area (Å²) < 4.78 is 5.67. The average molecular weight is 366 g/mol. The van der Waals surface area contributed by atoms with E-state index >= 15 is 0 Å². The Hall–Kier alpha value is -3.64. The summed E-state index contributed by atoms with van der Waals surface area (Å²) in [5, 5.41) is 20.2. The molecule has 0 saturated heterocycles. The van der Waals surface area contributed by atoms with Crippen LogP contribution in [-0.4, -0.2) is 16.0 Å². The minimum absolute atomic E-state index is 0.0469. The number of nitro groups is 1. The minimum atomic E-state index is -0.582. The van der Waals surface area contributed by atoms with Crippen LogP contribution in [-0.2, 0) is 4.79 Å². The van der Waals surface area contributed by atoms with Gasteiger partial charge in [-0.05, 0) is 41.6 Å². The highest BCUT2D eigenvalue weighted by molar-refractivity contribution is 8.18. The van der Waals surface area contributed by atoms with Crippen LogP contribution >= 0.6 is 11.8 Å². The van der Waals surface area contributed by atoms with E-state index in [9.17, 15) is 20.2 Å². The Morgan fingerprint density at radius 2 is 2.12 bits per heavy atom. The molecule has 1 aliphatic rings. The number of hydrogen-bond donors (Lipinski definition) is 1. The van der Waals surface area contributed by atoms with Crippen molar-refractivity contribution >= 4 is 34.6 Å². The van der Waals surface area contributed by atoms with Gasteiger partial charge in [0, 0.05) is 12.1 Å². The van der Waals surface area contributed by atoms with Crippen molar-refractivity contribution < 1.29 is 14.5 Å². The van der Waals surface area contributed by atoms with Crippen molar-refractivity contribution in [2.75, 3.05) is 0 Å². The summed E-state index contributed by atoms with van der Waals surface area (Å²) in [5.74, 6) is 0.205. The van der Waals surface area contributed by atoms with Gasteiger partial charge in [-0.1, -0.05) is 12.1 Å². The number of non-ortho nitro benzene ring substituents is 1. The van der Waals surface area contributed by atoms with E-state index in [0.717, 1.165) is 17.8 Å². The number of carbonyl (C=O) groups excluding carboxylic acids is 1. The maximum Gasteiger partial charge on any atom is 0.286 e. The second kappa shape index (κ2) is 7.08. The Balaban J connectivity index is 1.86. The predicted octanol–water partition coefficient (Wildman–Crippen LogP) is 3.19. The van der Waals surface area contributed by atoms with Crippen LogP contribution in [0.25, 0.3) is 6.08 Å². The van der Waals surface area contributed by atoms with Crippen molar-refractivity contribution in [1.82, 2.24) is 0 Å².